The molecule has 0 spiro atoms. The maximum Gasteiger partial charge on any atom is 0.375 e. The summed E-state index contributed by atoms with van der Waals surface area (Å²) in [5, 5.41) is 0.346. The lowest BCUT2D eigenvalue weighted by atomic mass is 10.2. The summed E-state index contributed by atoms with van der Waals surface area (Å²) >= 11 is 5.62. The molecule has 22 heavy (non-hydrogen) atoms. The van der Waals surface area contributed by atoms with Crippen LogP contribution in [0, 0.1) is 5.82 Å². The molecule has 0 saturated heterocycles. The number of nitrogens with zero attached hydrogens (tertiary/aromatic N) is 3. The van der Waals surface area contributed by atoms with Crippen LogP contribution in [0.25, 0.3) is 27.4 Å². The zero-order valence-corrected chi connectivity index (χ0v) is 12.1. The van der Waals surface area contributed by atoms with E-state index >= 15 is 0 Å². The molecule has 4 nitrogen and oxygen atoms in total. The fraction of sp³-hybridized carbons (Fsp3) is 0.0769. The van der Waals surface area contributed by atoms with E-state index in [0.29, 0.717) is 33.8 Å². The molecule has 1 aromatic carbocycles. The van der Waals surface area contributed by atoms with E-state index in [4.69, 9.17) is 16.0 Å². The lowest BCUT2D eigenvalue weighted by Gasteiger charge is -1.99. The average Bonchev–Trinajstić information content (AvgIpc) is 3.07. The standard InChI is InChI=1S/C13H5ClF3N3OS/c14-13(16,17)11-19-20-5-8(18-12(20)22-11)10-3-6-1-2-7(15)4-9(6)21-10/h1-5H. The quantitative estimate of drug-likeness (QED) is 0.498. The van der Waals surface area contributed by atoms with E-state index in [1.807, 2.05) is 0 Å². The number of hydrogen-bond acceptors (Lipinski definition) is 4. The minimum Gasteiger partial charge on any atom is -0.454 e. The monoisotopic (exact) mass is 343 g/mol. The van der Waals surface area contributed by atoms with Crippen molar-refractivity contribution in [2.45, 2.75) is 5.38 Å². The van der Waals surface area contributed by atoms with Gasteiger partial charge < -0.3 is 4.42 Å². The molecule has 4 aromatic rings. The summed E-state index contributed by atoms with van der Waals surface area (Å²) in [6.45, 7) is 0. The molecule has 0 aliphatic heterocycles. The van der Waals surface area contributed by atoms with Gasteiger partial charge in [-0.25, -0.2) is 13.9 Å². The molecule has 3 heterocycles. The van der Waals surface area contributed by atoms with Crippen molar-refractivity contribution in [2.75, 3.05) is 0 Å². The van der Waals surface area contributed by atoms with E-state index in [0.717, 1.165) is 0 Å². The van der Waals surface area contributed by atoms with Crippen molar-refractivity contribution in [2.24, 2.45) is 0 Å². The third-order valence-corrected chi connectivity index (χ3v) is 4.30. The van der Waals surface area contributed by atoms with Gasteiger partial charge in [-0.2, -0.15) is 13.9 Å². The normalized spacial score (nSPS) is 12.5. The van der Waals surface area contributed by atoms with Crippen LogP contribution in [0.4, 0.5) is 13.2 Å². The van der Waals surface area contributed by atoms with Crippen molar-refractivity contribution in [1.82, 2.24) is 14.6 Å². The number of aromatic nitrogens is 3. The lowest BCUT2D eigenvalue weighted by molar-refractivity contribution is 0.0936. The molecule has 0 atom stereocenters. The van der Waals surface area contributed by atoms with Gasteiger partial charge in [0.25, 0.3) is 0 Å². The molecule has 4 rings (SSSR count). The fourth-order valence-corrected chi connectivity index (χ4v) is 2.97. The number of hydrogen-bond donors (Lipinski definition) is 0. The van der Waals surface area contributed by atoms with Gasteiger partial charge in [0.2, 0.25) is 9.97 Å². The van der Waals surface area contributed by atoms with Crippen LogP contribution in [0.3, 0.4) is 0 Å². The van der Waals surface area contributed by atoms with Gasteiger partial charge in [-0.1, -0.05) is 11.3 Å². The highest BCUT2D eigenvalue weighted by molar-refractivity contribution is 7.17. The van der Waals surface area contributed by atoms with Crippen LogP contribution in [-0.4, -0.2) is 14.6 Å². The number of rotatable bonds is 2. The highest BCUT2D eigenvalue weighted by atomic mass is 35.5. The molecule has 3 aromatic heterocycles. The molecule has 0 radical (unpaired) electrons. The van der Waals surface area contributed by atoms with Crippen LogP contribution in [-0.2, 0) is 5.38 Å². The third-order valence-electron chi connectivity index (χ3n) is 3.02. The predicted octanol–water partition coefficient (Wildman–Crippen LogP) is 4.63. The van der Waals surface area contributed by atoms with E-state index in [9.17, 15) is 13.2 Å². The summed E-state index contributed by atoms with van der Waals surface area (Å²) < 4.78 is 45.9. The maximum absolute atomic E-state index is 13.2. The molecule has 0 saturated carbocycles. The maximum atomic E-state index is 13.2. The van der Waals surface area contributed by atoms with Crippen LogP contribution in [0.1, 0.15) is 5.01 Å². The Balaban J connectivity index is 1.80. The molecule has 0 bridgehead atoms. The lowest BCUT2D eigenvalue weighted by Crippen LogP contribution is -2.02. The summed E-state index contributed by atoms with van der Waals surface area (Å²) in [7, 11) is 0. The van der Waals surface area contributed by atoms with Gasteiger partial charge in [0.05, 0.1) is 6.20 Å². The average molecular weight is 344 g/mol. The predicted molar refractivity (Wildman–Crippen MR) is 75.8 cm³/mol. The number of alkyl halides is 3. The third kappa shape index (κ3) is 2.15. The van der Waals surface area contributed by atoms with Crippen LogP contribution < -0.4 is 0 Å². The Morgan fingerprint density at radius 2 is 2.09 bits per heavy atom. The summed E-state index contributed by atoms with van der Waals surface area (Å²) in [4.78, 5) is 4.44. The highest BCUT2D eigenvalue weighted by Gasteiger charge is 2.33. The Labute approximate surface area is 129 Å². The summed E-state index contributed by atoms with van der Waals surface area (Å²) in [6, 6.07) is 5.87. The van der Waals surface area contributed by atoms with Gasteiger partial charge in [-0.3, -0.25) is 0 Å². The number of furan rings is 1. The van der Waals surface area contributed by atoms with Gasteiger partial charge in [-0.15, -0.1) is 0 Å². The first-order chi connectivity index (χ1) is 10.4. The Bertz CT molecular complexity index is 970. The number of benzene rings is 1. The summed E-state index contributed by atoms with van der Waals surface area (Å²) in [5.41, 5.74) is 0.798. The number of halogens is 4. The molecule has 0 amide bonds. The minimum atomic E-state index is -3.53. The minimum absolute atomic E-state index is 0.261. The van der Waals surface area contributed by atoms with Gasteiger partial charge >= 0.3 is 5.38 Å². The second-order valence-electron chi connectivity index (χ2n) is 4.55. The first kappa shape index (κ1) is 13.6. The molecule has 0 fully saturated rings. The van der Waals surface area contributed by atoms with Gasteiger partial charge in [-0.05, 0) is 29.8 Å². The van der Waals surface area contributed by atoms with Crippen molar-refractivity contribution >= 4 is 38.9 Å². The Hall–Kier alpha value is -2.06. The van der Waals surface area contributed by atoms with Crippen molar-refractivity contribution in [1.29, 1.82) is 0 Å². The van der Waals surface area contributed by atoms with E-state index < -0.39 is 16.2 Å². The molecular formula is C13H5ClF3N3OS. The summed E-state index contributed by atoms with van der Waals surface area (Å²) in [5.74, 6) is -0.00707. The zero-order chi connectivity index (χ0) is 15.5. The van der Waals surface area contributed by atoms with Gasteiger partial charge in [0.1, 0.15) is 17.1 Å². The number of fused-ring (bicyclic) bond motifs is 2. The van der Waals surface area contributed by atoms with Crippen molar-refractivity contribution in [3.63, 3.8) is 0 Å². The van der Waals surface area contributed by atoms with Crippen molar-refractivity contribution in [3.8, 4) is 11.5 Å². The molecule has 0 aliphatic carbocycles. The topological polar surface area (TPSA) is 43.3 Å². The SMILES string of the molecule is Fc1ccc2cc(-c3cn4nc(C(F)(F)Cl)sc4n3)oc2c1. The van der Waals surface area contributed by atoms with Crippen LogP contribution >= 0.6 is 22.9 Å². The highest BCUT2D eigenvalue weighted by Crippen LogP contribution is 2.36. The van der Waals surface area contributed by atoms with Gasteiger partial charge in [0, 0.05) is 11.5 Å². The molecule has 9 heteroatoms. The first-order valence-electron chi connectivity index (χ1n) is 6.03. The smallest absolute Gasteiger partial charge is 0.375 e. The van der Waals surface area contributed by atoms with E-state index in [1.165, 1.54) is 22.8 Å². The molecule has 0 unspecified atom stereocenters. The van der Waals surface area contributed by atoms with Crippen LogP contribution in [0.2, 0.25) is 0 Å². The number of imidazole rings is 1. The van der Waals surface area contributed by atoms with Crippen molar-refractivity contribution in [3.05, 3.63) is 41.3 Å². The Morgan fingerprint density at radius 3 is 2.82 bits per heavy atom. The second kappa shape index (κ2) is 4.47. The van der Waals surface area contributed by atoms with Crippen molar-refractivity contribution < 1.29 is 17.6 Å². The molecule has 0 aliphatic rings. The van der Waals surface area contributed by atoms with Crippen LogP contribution in [0.5, 0.6) is 0 Å². The zero-order valence-electron chi connectivity index (χ0n) is 10.6. The molecular weight excluding hydrogens is 339 g/mol. The van der Waals surface area contributed by atoms with Gasteiger partial charge in [0.15, 0.2) is 5.76 Å². The summed E-state index contributed by atoms with van der Waals surface area (Å²) in [6.07, 6.45) is 1.45. The fourth-order valence-electron chi connectivity index (χ4n) is 2.06. The Morgan fingerprint density at radius 1 is 1.27 bits per heavy atom. The molecule has 0 N–H and O–H groups in total. The molecule has 112 valence electrons. The van der Waals surface area contributed by atoms with E-state index in [-0.39, 0.29) is 4.96 Å². The second-order valence-corrected chi connectivity index (χ2v) is 5.98. The Kier molecular flexibility index (Phi) is 2.76. The van der Waals surface area contributed by atoms with E-state index in [2.05, 4.69) is 10.1 Å². The first-order valence-corrected chi connectivity index (χ1v) is 7.22. The van der Waals surface area contributed by atoms with Crippen LogP contribution in [0.15, 0.2) is 34.9 Å². The van der Waals surface area contributed by atoms with E-state index in [1.54, 1.807) is 12.1 Å². The largest absolute Gasteiger partial charge is 0.454 e.